The zero-order chi connectivity index (χ0) is 30.5. The maximum atomic E-state index is 13.7. The highest BCUT2D eigenvalue weighted by Crippen LogP contribution is 2.49. The number of fused-ring (bicyclic) bond motifs is 1. The van der Waals surface area contributed by atoms with Gasteiger partial charge in [-0.3, -0.25) is 4.90 Å². The minimum Gasteiger partial charge on any atom is -0.497 e. The van der Waals surface area contributed by atoms with Gasteiger partial charge in [0.25, 0.3) is 0 Å². The normalized spacial score (nSPS) is 25.2. The van der Waals surface area contributed by atoms with E-state index in [1.54, 1.807) is 36.1 Å². The van der Waals surface area contributed by atoms with Crippen molar-refractivity contribution in [3.05, 3.63) is 60.2 Å². The number of hydrogen-bond donors (Lipinski definition) is 2. The summed E-state index contributed by atoms with van der Waals surface area (Å²) in [5, 5.41) is 14.6. The monoisotopic (exact) mass is 595 g/mol. The van der Waals surface area contributed by atoms with Crippen molar-refractivity contribution in [2.24, 2.45) is 23.7 Å². The second-order valence-electron chi connectivity index (χ2n) is 12.4. The van der Waals surface area contributed by atoms with Gasteiger partial charge in [0.1, 0.15) is 11.9 Å². The van der Waals surface area contributed by atoms with Gasteiger partial charge >= 0.3 is 12.1 Å². The summed E-state index contributed by atoms with van der Waals surface area (Å²) in [6.07, 6.45) is -0.0192. The summed E-state index contributed by atoms with van der Waals surface area (Å²) in [5.74, 6) is 1.59. The molecule has 7 atom stereocenters. The first-order valence-corrected chi connectivity index (χ1v) is 15.3. The third-order valence-corrected chi connectivity index (χ3v) is 9.00. The number of alkyl carbamates (subject to hydrolysis) is 1. The number of methoxy groups -OCH3 is 1. The predicted molar refractivity (Wildman–Crippen MR) is 162 cm³/mol. The maximum Gasteiger partial charge on any atom is 0.407 e. The van der Waals surface area contributed by atoms with Crippen LogP contribution in [0.4, 0.5) is 15.3 Å². The smallest absolute Gasteiger partial charge is 0.407 e. The molecule has 2 heterocycles. The van der Waals surface area contributed by atoms with Crippen molar-refractivity contribution in [1.82, 2.24) is 10.2 Å². The van der Waals surface area contributed by atoms with Crippen LogP contribution in [0.2, 0.25) is 0 Å². The van der Waals surface area contributed by atoms with Crippen LogP contribution in [0.5, 0.6) is 5.75 Å². The number of hydrogen-bond acceptors (Lipinski definition) is 7. The molecule has 3 fully saturated rings. The van der Waals surface area contributed by atoms with E-state index in [2.05, 4.69) is 19.2 Å². The van der Waals surface area contributed by atoms with Gasteiger partial charge in [0.05, 0.1) is 39.0 Å². The minimum atomic E-state index is -1.04. The van der Waals surface area contributed by atoms with E-state index in [-0.39, 0.29) is 42.7 Å². The number of nitrogens with one attached hydrogen (secondary N) is 1. The van der Waals surface area contributed by atoms with E-state index >= 15 is 0 Å². The third-order valence-electron chi connectivity index (χ3n) is 9.00. The van der Waals surface area contributed by atoms with Crippen LogP contribution in [-0.4, -0.2) is 87.1 Å². The Morgan fingerprint density at radius 3 is 2.47 bits per heavy atom. The van der Waals surface area contributed by atoms with E-state index in [1.807, 2.05) is 42.5 Å². The number of ether oxygens (including phenoxy) is 4. The molecule has 5 unspecified atom stereocenters. The lowest BCUT2D eigenvalue weighted by molar-refractivity contribution is -0.169. The second kappa shape index (κ2) is 14.0. The molecule has 2 aromatic carbocycles. The molecule has 1 saturated carbocycles. The lowest BCUT2D eigenvalue weighted by Crippen LogP contribution is -2.53. The number of carbonyl (C=O) groups is 2. The highest BCUT2D eigenvalue weighted by atomic mass is 16.7. The summed E-state index contributed by atoms with van der Waals surface area (Å²) in [6, 6.07) is 16.0. The molecular weight excluding hydrogens is 550 g/mol. The molecule has 2 aromatic rings. The Kier molecular flexibility index (Phi) is 10.1. The molecule has 10 heteroatoms. The van der Waals surface area contributed by atoms with Crippen molar-refractivity contribution in [3.8, 4) is 5.75 Å². The van der Waals surface area contributed by atoms with Gasteiger partial charge in [-0.05, 0) is 55.0 Å². The van der Waals surface area contributed by atoms with E-state index in [0.29, 0.717) is 43.5 Å². The van der Waals surface area contributed by atoms with Gasteiger partial charge in [0.2, 0.25) is 0 Å². The molecule has 2 bridgehead atoms. The number of rotatable bonds is 12. The summed E-state index contributed by atoms with van der Waals surface area (Å²) in [5.41, 5.74) is 1.67. The van der Waals surface area contributed by atoms with E-state index in [4.69, 9.17) is 18.9 Å². The van der Waals surface area contributed by atoms with Gasteiger partial charge in [-0.15, -0.1) is 0 Å². The number of benzene rings is 2. The second-order valence-corrected chi connectivity index (χ2v) is 12.4. The molecule has 10 nitrogen and oxygen atoms in total. The Labute approximate surface area is 254 Å². The number of carbonyl (C=O) groups excluding carboxylic acids is 2. The van der Waals surface area contributed by atoms with Crippen molar-refractivity contribution < 1.29 is 33.6 Å². The van der Waals surface area contributed by atoms with Crippen molar-refractivity contribution in [3.63, 3.8) is 0 Å². The zero-order valence-electron chi connectivity index (χ0n) is 25.6. The molecule has 0 radical (unpaired) electrons. The van der Waals surface area contributed by atoms with Crippen LogP contribution in [0.3, 0.4) is 0 Å². The Balaban J connectivity index is 1.29. The standard InChI is InChI=1S/C33H45N3O7/c1-21(2)14-15-36(33(39)35(3)24-10-12-25(40-4)13-11-24)18-29(37)28(16-22-8-6-5-7-9-22)34-32(38)43-30-23-17-26-27(30)20-42-31(26)41-19-23/h5-13,21,23,26-31,37H,14-20H2,1-4H3,(H,34,38)/t23?,26?,27?,28-,29+,30?,31?/m0/s1. The first-order chi connectivity index (χ1) is 20.7. The van der Waals surface area contributed by atoms with Crippen LogP contribution in [0.15, 0.2) is 54.6 Å². The van der Waals surface area contributed by atoms with Crippen LogP contribution in [0.1, 0.15) is 32.3 Å². The summed E-state index contributed by atoms with van der Waals surface area (Å²) in [4.78, 5) is 30.3. The average Bonchev–Trinajstić information content (AvgIpc) is 3.55. The minimum absolute atomic E-state index is 0.0456. The van der Waals surface area contributed by atoms with E-state index in [0.717, 1.165) is 18.4 Å². The summed E-state index contributed by atoms with van der Waals surface area (Å²) in [7, 11) is 3.31. The molecule has 234 valence electrons. The maximum absolute atomic E-state index is 13.7. The molecule has 5 rings (SSSR count). The SMILES string of the molecule is COc1ccc(N(C)C(=O)N(CCC(C)C)C[C@@H](O)[C@H](Cc2ccccc2)NC(=O)OC2C3COC4OCC2C4C3)cc1. The summed E-state index contributed by atoms with van der Waals surface area (Å²) in [6.45, 7) is 5.74. The molecule has 3 aliphatic rings. The molecule has 2 aliphatic heterocycles. The van der Waals surface area contributed by atoms with Gasteiger partial charge in [0.15, 0.2) is 6.29 Å². The lowest BCUT2D eigenvalue weighted by Gasteiger charge is -2.33. The Bertz CT molecular complexity index is 1210. The van der Waals surface area contributed by atoms with E-state index < -0.39 is 18.2 Å². The topological polar surface area (TPSA) is 110 Å². The van der Waals surface area contributed by atoms with Crippen LogP contribution in [0.25, 0.3) is 0 Å². The molecule has 1 aliphatic carbocycles. The molecule has 0 spiro atoms. The predicted octanol–water partition coefficient (Wildman–Crippen LogP) is 4.31. The number of aliphatic hydroxyl groups is 1. The largest absolute Gasteiger partial charge is 0.497 e. The Hall–Kier alpha value is -3.34. The highest BCUT2D eigenvalue weighted by molar-refractivity contribution is 5.91. The number of urea groups is 1. The van der Waals surface area contributed by atoms with E-state index in [1.165, 1.54) is 0 Å². The number of nitrogens with zero attached hydrogens (tertiary/aromatic N) is 2. The quantitative estimate of drug-likeness (QED) is 0.377. The number of anilines is 1. The van der Waals surface area contributed by atoms with Crippen molar-refractivity contribution >= 4 is 17.8 Å². The molecule has 2 saturated heterocycles. The van der Waals surface area contributed by atoms with Gasteiger partial charge in [-0.2, -0.15) is 0 Å². The third kappa shape index (κ3) is 7.42. The molecule has 0 aromatic heterocycles. The highest BCUT2D eigenvalue weighted by Gasteiger charge is 2.56. The fraction of sp³-hybridized carbons (Fsp3) is 0.576. The van der Waals surface area contributed by atoms with Gasteiger partial charge < -0.3 is 34.3 Å². The number of amides is 3. The fourth-order valence-corrected chi connectivity index (χ4v) is 6.47. The Morgan fingerprint density at radius 1 is 1.05 bits per heavy atom. The van der Waals surface area contributed by atoms with Crippen molar-refractivity contribution in [2.45, 2.75) is 57.6 Å². The van der Waals surface area contributed by atoms with Crippen LogP contribution < -0.4 is 15.0 Å². The van der Waals surface area contributed by atoms with Gasteiger partial charge in [-0.1, -0.05) is 44.2 Å². The zero-order valence-corrected chi connectivity index (χ0v) is 25.6. The molecule has 2 N–H and O–H groups in total. The summed E-state index contributed by atoms with van der Waals surface area (Å²) < 4.78 is 22.8. The van der Waals surface area contributed by atoms with Crippen LogP contribution in [-0.2, 0) is 20.6 Å². The van der Waals surface area contributed by atoms with Gasteiger partial charge in [0, 0.05) is 37.0 Å². The molecule has 3 amide bonds. The molecule has 43 heavy (non-hydrogen) atoms. The lowest BCUT2D eigenvalue weighted by atomic mass is 9.98. The average molecular weight is 596 g/mol. The van der Waals surface area contributed by atoms with Crippen LogP contribution >= 0.6 is 0 Å². The van der Waals surface area contributed by atoms with Crippen LogP contribution in [0, 0.1) is 23.7 Å². The van der Waals surface area contributed by atoms with Crippen molar-refractivity contribution in [2.75, 3.05) is 45.4 Å². The fourth-order valence-electron chi connectivity index (χ4n) is 6.47. The van der Waals surface area contributed by atoms with Gasteiger partial charge in [-0.25, -0.2) is 9.59 Å². The first kappa shape index (κ1) is 31.1. The first-order valence-electron chi connectivity index (χ1n) is 15.3. The molecular formula is C33H45N3O7. The van der Waals surface area contributed by atoms with E-state index in [9.17, 15) is 14.7 Å². The van der Waals surface area contributed by atoms with Crippen molar-refractivity contribution in [1.29, 1.82) is 0 Å². The Morgan fingerprint density at radius 2 is 1.77 bits per heavy atom. The number of aliphatic hydroxyl groups excluding tert-OH is 1. The summed E-state index contributed by atoms with van der Waals surface area (Å²) >= 11 is 0.